The van der Waals surface area contributed by atoms with E-state index >= 15 is 0 Å². The van der Waals surface area contributed by atoms with Crippen LogP contribution in [-0.2, 0) is 11.3 Å². The van der Waals surface area contributed by atoms with Crippen molar-refractivity contribution >= 4 is 5.91 Å². The highest BCUT2D eigenvalue weighted by atomic mass is 16.5. The van der Waals surface area contributed by atoms with Crippen molar-refractivity contribution < 1.29 is 9.53 Å². The maximum Gasteiger partial charge on any atom is 0.235 e. The van der Waals surface area contributed by atoms with E-state index < -0.39 is 5.54 Å². The molecule has 2 rings (SSSR count). The lowest BCUT2D eigenvalue weighted by molar-refractivity contribution is -0.124. The van der Waals surface area contributed by atoms with Crippen LogP contribution in [0.25, 0.3) is 0 Å². The first-order valence-electron chi connectivity index (χ1n) is 8.47. The Hall–Kier alpha value is -2.06. The van der Waals surface area contributed by atoms with Gasteiger partial charge in [0.2, 0.25) is 5.91 Å². The molecule has 1 N–H and O–H groups in total. The second-order valence-corrected chi connectivity index (χ2v) is 7.00. The summed E-state index contributed by atoms with van der Waals surface area (Å²) < 4.78 is 5.18. The van der Waals surface area contributed by atoms with Crippen LogP contribution >= 0.6 is 0 Å². The number of hydrogen-bond acceptors (Lipinski definition) is 4. The Labute approximate surface area is 144 Å². The number of nitriles is 1. The zero-order chi connectivity index (χ0) is 17.7. The molecule has 0 unspecified atom stereocenters. The Morgan fingerprint density at radius 2 is 2.04 bits per heavy atom. The minimum Gasteiger partial charge on any atom is -0.497 e. The molecular weight excluding hydrogens is 302 g/mol. The molecule has 1 amide bonds. The van der Waals surface area contributed by atoms with Crippen molar-refractivity contribution in [3.63, 3.8) is 0 Å². The van der Waals surface area contributed by atoms with Crippen LogP contribution in [0.3, 0.4) is 0 Å². The van der Waals surface area contributed by atoms with Crippen LogP contribution in [0.4, 0.5) is 0 Å². The summed E-state index contributed by atoms with van der Waals surface area (Å²) in [5.41, 5.74) is 0.328. The molecule has 5 heteroatoms. The number of hydrogen-bond donors (Lipinski definition) is 1. The number of nitrogens with zero attached hydrogens (tertiary/aromatic N) is 2. The van der Waals surface area contributed by atoms with Gasteiger partial charge in [0.15, 0.2) is 0 Å². The van der Waals surface area contributed by atoms with Crippen LogP contribution in [0.15, 0.2) is 24.3 Å². The molecule has 0 saturated heterocycles. The van der Waals surface area contributed by atoms with Crippen molar-refractivity contribution in [2.45, 2.75) is 51.7 Å². The van der Waals surface area contributed by atoms with E-state index in [1.165, 1.54) is 0 Å². The van der Waals surface area contributed by atoms with Crippen molar-refractivity contribution in [3.8, 4) is 11.8 Å². The van der Waals surface area contributed by atoms with Gasteiger partial charge in [-0.05, 0) is 43.4 Å². The van der Waals surface area contributed by atoms with Crippen LogP contribution in [0.1, 0.15) is 39.2 Å². The second kappa shape index (κ2) is 7.67. The summed E-state index contributed by atoms with van der Waals surface area (Å²) in [5.74, 6) is 0.798. The van der Waals surface area contributed by atoms with Crippen molar-refractivity contribution in [2.24, 2.45) is 5.92 Å². The lowest BCUT2D eigenvalue weighted by Crippen LogP contribution is -2.52. The smallest absolute Gasteiger partial charge is 0.235 e. The zero-order valence-corrected chi connectivity index (χ0v) is 15.0. The zero-order valence-electron chi connectivity index (χ0n) is 15.0. The monoisotopic (exact) mass is 329 g/mol. The third-order valence-corrected chi connectivity index (χ3v) is 4.74. The highest BCUT2D eigenvalue weighted by Gasteiger charge is 2.34. The molecule has 0 radical (unpaired) electrons. The minimum atomic E-state index is -0.827. The first kappa shape index (κ1) is 18.3. The molecule has 1 aliphatic carbocycles. The summed E-state index contributed by atoms with van der Waals surface area (Å²) in [4.78, 5) is 14.6. The molecule has 130 valence electrons. The fourth-order valence-corrected chi connectivity index (χ4v) is 2.53. The standard InChI is InChI=1S/C19H27N3O2/c1-14(2)19(3,13-20)21-18(23)12-22(16-7-8-16)11-15-5-9-17(24-4)10-6-15/h5-6,9-10,14,16H,7-8,11-12H2,1-4H3,(H,21,23)/t19-/m1/s1. The lowest BCUT2D eigenvalue weighted by atomic mass is 9.90. The Morgan fingerprint density at radius 1 is 1.42 bits per heavy atom. The molecule has 1 aromatic rings. The molecule has 1 aliphatic rings. The molecule has 1 saturated carbocycles. The van der Waals surface area contributed by atoms with Gasteiger partial charge in [0.05, 0.1) is 19.7 Å². The summed E-state index contributed by atoms with van der Waals surface area (Å²) in [6.07, 6.45) is 2.26. The molecule has 0 aromatic heterocycles. The molecule has 1 atom stereocenters. The maximum atomic E-state index is 12.4. The van der Waals surface area contributed by atoms with Crippen LogP contribution in [0.5, 0.6) is 5.75 Å². The molecule has 1 aromatic carbocycles. The van der Waals surface area contributed by atoms with Gasteiger partial charge in [-0.1, -0.05) is 26.0 Å². The van der Waals surface area contributed by atoms with Gasteiger partial charge in [0, 0.05) is 12.6 Å². The van der Waals surface area contributed by atoms with E-state index in [4.69, 9.17) is 4.74 Å². The number of rotatable bonds is 8. The Kier molecular flexibility index (Phi) is 5.84. The lowest BCUT2D eigenvalue weighted by Gasteiger charge is -2.29. The molecule has 0 bridgehead atoms. The molecular formula is C19H27N3O2. The maximum absolute atomic E-state index is 12.4. The van der Waals surface area contributed by atoms with Gasteiger partial charge in [-0.25, -0.2) is 0 Å². The largest absolute Gasteiger partial charge is 0.497 e. The van der Waals surface area contributed by atoms with E-state index in [0.717, 1.165) is 30.7 Å². The fraction of sp³-hybridized carbons (Fsp3) is 0.579. The third-order valence-electron chi connectivity index (χ3n) is 4.74. The van der Waals surface area contributed by atoms with E-state index in [1.54, 1.807) is 14.0 Å². The Balaban J connectivity index is 1.98. The van der Waals surface area contributed by atoms with Gasteiger partial charge in [-0.2, -0.15) is 5.26 Å². The topological polar surface area (TPSA) is 65.4 Å². The van der Waals surface area contributed by atoms with Crippen LogP contribution in [0, 0.1) is 17.2 Å². The average Bonchev–Trinajstić information content (AvgIpc) is 3.39. The highest BCUT2D eigenvalue weighted by molar-refractivity contribution is 5.79. The molecule has 24 heavy (non-hydrogen) atoms. The number of methoxy groups -OCH3 is 1. The number of nitrogens with one attached hydrogen (secondary N) is 1. The summed E-state index contributed by atoms with van der Waals surface area (Å²) in [7, 11) is 1.65. The van der Waals surface area contributed by atoms with Gasteiger partial charge in [-0.15, -0.1) is 0 Å². The van der Waals surface area contributed by atoms with Gasteiger partial charge in [0.1, 0.15) is 11.3 Å². The Bertz CT molecular complexity index is 602. The van der Waals surface area contributed by atoms with Gasteiger partial charge < -0.3 is 10.1 Å². The van der Waals surface area contributed by atoms with E-state index in [2.05, 4.69) is 16.3 Å². The van der Waals surface area contributed by atoms with Crippen molar-refractivity contribution in [1.29, 1.82) is 5.26 Å². The number of benzene rings is 1. The van der Waals surface area contributed by atoms with Crippen LogP contribution < -0.4 is 10.1 Å². The normalized spacial score (nSPS) is 16.5. The predicted molar refractivity (Wildman–Crippen MR) is 93.4 cm³/mol. The quantitative estimate of drug-likeness (QED) is 0.796. The Morgan fingerprint density at radius 3 is 2.50 bits per heavy atom. The van der Waals surface area contributed by atoms with Gasteiger partial charge >= 0.3 is 0 Å². The average molecular weight is 329 g/mol. The van der Waals surface area contributed by atoms with Gasteiger partial charge in [-0.3, -0.25) is 9.69 Å². The molecule has 0 heterocycles. The number of carbonyl (C=O) groups excluding carboxylic acids is 1. The summed E-state index contributed by atoms with van der Waals surface area (Å²) in [6, 6.07) is 10.6. The summed E-state index contributed by atoms with van der Waals surface area (Å²) >= 11 is 0. The summed E-state index contributed by atoms with van der Waals surface area (Å²) in [6.45, 7) is 6.72. The third kappa shape index (κ3) is 4.72. The fourth-order valence-electron chi connectivity index (χ4n) is 2.53. The van der Waals surface area contributed by atoms with E-state index in [0.29, 0.717) is 12.6 Å². The van der Waals surface area contributed by atoms with E-state index in [1.807, 2.05) is 38.1 Å². The second-order valence-electron chi connectivity index (χ2n) is 7.00. The first-order valence-corrected chi connectivity index (χ1v) is 8.47. The van der Waals surface area contributed by atoms with Crippen LogP contribution in [0.2, 0.25) is 0 Å². The van der Waals surface area contributed by atoms with E-state index in [9.17, 15) is 10.1 Å². The van der Waals surface area contributed by atoms with Gasteiger partial charge in [0.25, 0.3) is 0 Å². The van der Waals surface area contributed by atoms with E-state index in [-0.39, 0.29) is 11.8 Å². The SMILES string of the molecule is COc1ccc(CN(CC(=O)N[C@](C)(C#N)C(C)C)C2CC2)cc1. The molecule has 0 spiro atoms. The molecule has 5 nitrogen and oxygen atoms in total. The van der Waals surface area contributed by atoms with Crippen molar-refractivity contribution in [3.05, 3.63) is 29.8 Å². The van der Waals surface area contributed by atoms with Crippen LogP contribution in [-0.4, -0.2) is 36.0 Å². The molecule has 1 fully saturated rings. The number of ether oxygens (including phenoxy) is 1. The highest BCUT2D eigenvalue weighted by Crippen LogP contribution is 2.28. The van der Waals surface area contributed by atoms with Crippen molar-refractivity contribution in [2.75, 3.05) is 13.7 Å². The summed E-state index contributed by atoms with van der Waals surface area (Å²) in [5, 5.41) is 12.3. The predicted octanol–water partition coefficient (Wildman–Crippen LogP) is 2.71. The molecule has 0 aliphatic heterocycles. The van der Waals surface area contributed by atoms with Crippen molar-refractivity contribution in [1.82, 2.24) is 10.2 Å². The minimum absolute atomic E-state index is 0.0578. The first-order chi connectivity index (χ1) is 11.4. The number of carbonyl (C=O) groups is 1. The number of amides is 1.